The number of carboxylic acids is 1. The van der Waals surface area contributed by atoms with E-state index in [0.717, 1.165) is 0 Å². The number of thioether (sulfide) groups is 1. The van der Waals surface area contributed by atoms with E-state index in [1.165, 1.54) is 30.0 Å². The maximum Gasteiger partial charge on any atom is 0.335 e. The zero-order valence-electron chi connectivity index (χ0n) is 25.1. The first-order valence-corrected chi connectivity index (χ1v) is 15.6. The van der Waals surface area contributed by atoms with Gasteiger partial charge in [-0.3, -0.25) is 14.4 Å². The Hall–Kier alpha value is -5.06. The fourth-order valence-corrected chi connectivity index (χ4v) is 5.41. The fraction of sp³-hybridized carbons (Fsp3) is 0.143. The summed E-state index contributed by atoms with van der Waals surface area (Å²) in [6.07, 6.45) is 2.04. The van der Waals surface area contributed by atoms with Gasteiger partial charge in [-0.15, -0.1) is 11.8 Å². The van der Waals surface area contributed by atoms with Crippen molar-refractivity contribution in [3.05, 3.63) is 124 Å². The molecule has 0 spiro atoms. The molecular weight excluding hydrogens is 626 g/mol. The van der Waals surface area contributed by atoms with Gasteiger partial charge in [0.25, 0.3) is 11.8 Å². The van der Waals surface area contributed by atoms with E-state index in [4.69, 9.17) is 16.3 Å². The van der Waals surface area contributed by atoms with Crippen LogP contribution in [0.5, 0.6) is 5.75 Å². The van der Waals surface area contributed by atoms with Crippen LogP contribution in [-0.2, 0) is 9.59 Å². The summed E-state index contributed by atoms with van der Waals surface area (Å²) < 4.78 is 5.50. The highest BCUT2D eigenvalue weighted by Gasteiger charge is 2.21. The number of hydrogen-bond donors (Lipinski definition) is 4. The van der Waals surface area contributed by atoms with E-state index >= 15 is 0 Å². The molecule has 11 heteroatoms. The number of benzene rings is 4. The molecule has 0 aliphatic carbocycles. The molecule has 0 aliphatic heterocycles. The maximum atomic E-state index is 13.5. The average Bonchev–Trinajstić information content (AvgIpc) is 3.05. The first-order chi connectivity index (χ1) is 22.2. The van der Waals surface area contributed by atoms with Crippen molar-refractivity contribution in [3.8, 4) is 5.75 Å². The van der Waals surface area contributed by atoms with E-state index in [1.54, 1.807) is 78.9 Å². The fourth-order valence-electron chi connectivity index (χ4n) is 4.24. The van der Waals surface area contributed by atoms with Crippen LogP contribution in [0.1, 0.15) is 46.5 Å². The molecule has 46 heavy (non-hydrogen) atoms. The number of nitrogens with one attached hydrogen (secondary N) is 3. The second-order valence-electron chi connectivity index (χ2n) is 9.87. The predicted octanol–water partition coefficient (Wildman–Crippen LogP) is 7.36. The maximum absolute atomic E-state index is 13.5. The first kappa shape index (κ1) is 33.8. The van der Waals surface area contributed by atoms with Crippen molar-refractivity contribution < 1.29 is 29.0 Å². The van der Waals surface area contributed by atoms with E-state index in [1.807, 2.05) is 19.9 Å². The van der Waals surface area contributed by atoms with Gasteiger partial charge >= 0.3 is 5.97 Å². The SMILES string of the molecule is CCOc1ccc(/C=C(/NC(=O)c2ccccc2)C(=O)Nc2cccc(SC(CC)C(=O)Nc3cc(C(=O)O)ccc3Cl)c2)cc1. The Balaban J connectivity index is 1.51. The Morgan fingerprint density at radius 2 is 1.61 bits per heavy atom. The van der Waals surface area contributed by atoms with Gasteiger partial charge in [0.15, 0.2) is 0 Å². The summed E-state index contributed by atoms with van der Waals surface area (Å²) in [6, 6.07) is 26.8. The molecular formula is C35H32ClN3O6S. The Kier molecular flexibility index (Phi) is 12.0. The van der Waals surface area contributed by atoms with E-state index in [2.05, 4.69) is 16.0 Å². The molecule has 4 aromatic carbocycles. The predicted molar refractivity (Wildman–Crippen MR) is 182 cm³/mol. The molecule has 0 fully saturated rings. The number of aromatic carboxylic acids is 1. The highest BCUT2D eigenvalue weighted by Crippen LogP contribution is 2.30. The van der Waals surface area contributed by atoms with Crippen LogP contribution >= 0.6 is 23.4 Å². The van der Waals surface area contributed by atoms with Crippen LogP contribution in [0.3, 0.4) is 0 Å². The van der Waals surface area contributed by atoms with Crippen molar-refractivity contribution in [2.45, 2.75) is 30.4 Å². The molecule has 0 aliphatic rings. The van der Waals surface area contributed by atoms with Crippen LogP contribution in [0.2, 0.25) is 5.02 Å². The lowest BCUT2D eigenvalue weighted by Gasteiger charge is -2.17. The quantitative estimate of drug-likeness (QED) is 0.0872. The number of ether oxygens (including phenoxy) is 1. The van der Waals surface area contributed by atoms with Crippen molar-refractivity contribution in [2.75, 3.05) is 17.2 Å². The van der Waals surface area contributed by atoms with Gasteiger partial charge in [-0.05, 0) is 85.6 Å². The number of halogens is 1. The molecule has 3 amide bonds. The Morgan fingerprint density at radius 1 is 0.870 bits per heavy atom. The molecule has 1 atom stereocenters. The summed E-state index contributed by atoms with van der Waals surface area (Å²) in [5, 5.41) is 17.2. The van der Waals surface area contributed by atoms with Crippen molar-refractivity contribution in [2.24, 2.45) is 0 Å². The van der Waals surface area contributed by atoms with Crippen molar-refractivity contribution in [1.29, 1.82) is 0 Å². The molecule has 0 saturated carbocycles. The molecule has 0 saturated heterocycles. The van der Waals surface area contributed by atoms with Gasteiger partial charge in [0.05, 0.1) is 28.1 Å². The number of carbonyl (C=O) groups excluding carboxylic acids is 3. The number of amides is 3. The second-order valence-corrected chi connectivity index (χ2v) is 11.5. The zero-order chi connectivity index (χ0) is 33.1. The van der Waals surface area contributed by atoms with Crippen molar-refractivity contribution in [3.63, 3.8) is 0 Å². The molecule has 236 valence electrons. The van der Waals surface area contributed by atoms with Crippen LogP contribution in [0.15, 0.2) is 108 Å². The van der Waals surface area contributed by atoms with Gasteiger partial charge in [-0.2, -0.15) is 0 Å². The summed E-state index contributed by atoms with van der Waals surface area (Å²) in [5.74, 6) is -1.79. The molecule has 1 unspecified atom stereocenters. The number of carboxylic acid groups (broad SMARTS) is 1. The Labute approximate surface area is 276 Å². The van der Waals surface area contributed by atoms with Crippen LogP contribution in [0.25, 0.3) is 6.08 Å². The minimum Gasteiger partial charge on any atom is -0.494 e. The van der Waals surface area contributed by atoms with Gasteiger partial charge in [0.2, 0.25) is 5.91 Å². The minimum atomic E-state index is -1.13. The standard InChI is InChI=1S/C35H32ClN3O6S/c1-3-31(34(42)38-29-20-24(35(43)44)15-18-28(29)36)46-27-12-8-11-25(21-27)37-33(41)30(39-32(40)23-9-6-5-7-10-23)19-22-13-16-26(17-14-22)45-4-2/h5-21,31H,3-4H2,1-2H3,(H,37,41)(H,38,42)(H,39,40)(H,43,44)/b30-19+. The molecule has 4 rings (SSSR count). The van der Waals surface area contributed by atoms with E-state index in [9.17, 15) is 24.3 Å². The lowest BCUT2D eigenvalue weighted by atomic mass is 10.1. The summed E-state index contributed by atoms with van der Waals surface area (Å²) in [7, 11) is 0. The topological polar surface area (TPSA) is 134 Å². The number of anilines is 2. The largest absolute Gasteiger partial charge is 0.494 e. The molecule has 4 N–H and O–H groups in total. The number of hydrogen-bond acceptors (Lipinski definition) is 6. The van der Waals surface area contributed by atoms with Gasteiger partial charge in [0.1, 0.15) is 11.4 Å². The van der Waals surface area contributed by atoms with E-state index in [-0.39, 0.29) is 27.9 Å². The Bertz CT molecular complexity index is 1750. The third kappa shape index (κ3) is 9.47. The van der Waals surface area contributed by atoms with Crippen LogP contribution < -0.4 is 20.7 Å². The molecule has 0 bridgehead atoms. The number of carbonyl (C=O) groups is 4. The third-order valence-electron chi connectivity index (χ3n) is 6.54. The summed E-state index contributed by atoms with van der Waals surface area (Å²) >= 11 is 7.47. The Morgan fingerprint density at radius 3 is 2.28 bits per heavy atom. The van der Waals surface area contributed by atoms with Crippen LogP contribution in [-0.4, -0.2) is 40.7 Å². The van der Waals surface area contributed by atoms with E-state index in [0.29, 0.717) is 40.5 Å². The smallest absolute Gasteiger partial charge is 0.335 e. The van der Waals surface area contributed by atoms with Gasteiger partial charge < -0.3 is 25.8 Å². The molecule has 9 nitrogen and oxygen atoms in total. The van der Waals surface area contributed by atoms with Crippen molar-refractivity contribution >= 4 is 64.5 Å². The minimum absolute atomic E-state index is 0.000235. The summed E-state index contributed by atoms with van der Waals surface area (Å²) in [4.78, 5) is 51.7. The second kappa shape index (κ2) is 16.3. The third-order valence-corrected chi connectivity index (χ3v) is 8.22. The van der Waals surface area contributed by atoms with Gasteiger partial charge in [-0.1, -0.05) is 54.9 Å². The lowest BCUT2D eigenvalue weighted by molar-refractivity contribution is -0.116. The monoisotopic (exact) mass is 657 g/mol. The normalized spacial score (nSPS) is 11.7. The lowest BCUT2D eigenvalue weighted by Crippen LogP contribution is -2.30. The van der Waals surface area contributed by atoms with Crippen LogP contribution in [0, 0.1) is 0 Å². The van der Waals surface area contributed by atoms with Crippen LogP contribution in [0.4, 0.5) is 11.4 Å². The van der Waals surface area contributed by atoms with E-state index < -0.39 is 23.0 Å². The van der Waals surface area contributed by atoms with Gasteiger partial charge in [0, 0.05) is 16.1 Å². The summed E-state index contributed by atoms with van der Waals surface area (Å²) in [6.45, 7) is 4.26. The van der Waals surface area contributed by atoms with Crippen molar-refractivity contribution in [1.82, 2.24) is 5.32 Å². The molecule has 0 aromatic heterocycles. The molecule has 0 radical (unpaired) electrons. The summed E-state index contributed by atoms with van der Waals surface area (Å²) in [5.41, 5.74) is 1.76. The van der Waals surface area contributed by atoms with Gasteiger partial charge in [-0.25, -0.2) is 4.79 Å². The highest BCUT2D eigenvalue weighted by molar-refractivity contribution is 8.00. The number of rotatable bonds is 13. The highest BCUT2D eigenvalue weighted by atomic mass is 35.5. The average molecular weight is 658 g/mol. The molecule has 4 aromatic rings. The molecule has 0 heterocycles. The zero-order valence-corrected chi connectivity index (χ0v) is 26.7. The first-order valence-electron chi connectivity index (χ1n) is 14.4.